The van der Waals surface area contributed by atoms with Crippen LogP contribution in [-0.4, -0.2) is 56.6 Å². The van der Waals surface area contributed by atoms with Crippen LogP contribution in [0.2, 0.25) is 0 Å². The van der Waals surface area contributed by atoms with Crippen molar-refractivity contribution in [1.82, 2.24) is 24.9 Å². The topological polar surface area (TPSA) is 70.5 Å². The molecule has 7 heteroatoms. The van der Waals surface area contributed by atoms with E-state index in [9.17, 15) is 9.59 Å². The number of hydrogen-bond donors (Lipinski definition) is 1. The van der Waals surface area contributed by atoms with Crippen molar-refractivity contribution in [3.05, 3.63) is 53.9 Å². The molecule has 2 amide bonds. The van der Waals surface area contributed by atoms with Gasteiger partial charge in [-0.05, 0) is 18.5 Å². The first-order chi connectivity index (χ1) is 13.9. The summed E-state index contributed by atoms with van der Waals surface area (Å²) in [5, 5.41) is 7.54. The predicted octanol–water partition coefficient (Wildman–Crippen LogP) is 1.72. The zero-order chi connectivity index (χ0) is 20.6. The van der Waals surface area contributed by atoms with Crippen molar-refractivity contribution in [2.75, 3.05) is 19.6 Å². The second-order valence-electron chi connectivity index (χ2n) is 8.47. The average Bonchev–Trinajstić information content (AvgIpc) is 3.22. The van der Waals surface area contributed by atoms with Gasteiger partial charge in [0.1, 0.15) is 0 Å². The first-order valence-electron chi connectivity index (χ1n) is 10.2. The van der Waals surface area contributed by atoms with Gasteiger partial charge in [0, 0.05) is 58.2 Å². The number of nitrogens with one attached hydrogen (secondary N) is 1. The number of benzene rings is 1. The smallest absolute Gasteiger partial charge is 0.220 e. The maximum absolute atomic E-state index is 12.6. The predicted molar refractivity (Wildman–Crippen MR) is 110 cm³/mol. The van der Waals surface area contributed by atoms with E-state index in [1.54, 1.807) is 13.8 Å². The van der Waals surface area contributed by atoms with E-state index in [1.165, 1.54) is 0 Å². The fraction of sp³-hybridized carbons (Fsp3) is 0.500. The third-order valence-corrected chi connectivity index (χ3v) is 6.28. The van der Waals surface area contributed by atoms with E-state index in [0.29, 0.717) is 6.54 Å². The highest BCUT2D eigenvalue weighted by atomic mass is 16.2. The molecule has 0 saturated carbocycles. The number of fused-ring (bicyclic) bond motifs is 1. The molecule has 2 aliphatic rings. The molecule has 7 nitrogen and oxygen atoms in total. The molecule has 0 unspecified atom stereocenters. The van der Waals surface area contributed by atoms with Crippen LogP contribution in [0, 0.1) is 5.92 Å². The number of carbonyl (C=O) groups excluding carboxylic acids is 2. The van der Waals surface area contributed by atoms with E-state index >= 15 is 0 Å². The monoisotopic (exact) mass is 395 g/mol. The molecule has 3 heterocycles. The molecule has 0 aliphatic carbocycles. The van der Waals surface area contributed by atoms with Gasteiger partial charge in [-0.25, -0.2) is 0 Å². The number of rotatable bonds is 4. The summed E-state index contributed by atoms with van der Waals surface area (Å²) in [6, 6.07) is 10.2. The molecule has 2 aliphatic heterocycles. The minimum atomic E-state index is -0.446. The molecule has 0 radical (unpaired) electrons. The number of nitrogens with zero attached hydrogens (tertiary/aromatic N) is 4. The van der Waals surface area contributed by atoms with Crippen LogP contribution in [0.15, 0.2) is 42.7 Å². The van der Waals surface area contributed by atoms with Crippen molar-refractivity contribution in [1.29, 1.82) is 0 Å². The maximum atomic E-state index is 12.6. The highest BCUT2D eigenvalue weighted by Gasteiger charge is 2.56. The van der Waals surface area contributed by atoms with E-state index in [2.05, 4.69) is 27.4 Å². The molecule has 4 rings (SSSR count). The van der Waals surface area contributed by atoms with Crippen LogP contribution in [0.4, 0.5) is 0 Å². The molecule has 1 aromatic carbocycles. The average molecular weight is 396 g/mol. The summed E-state index contributed by atoms with van der Waals surface area (Å²) in [6.45, 7) is 6.17. The van der Waals surface area contributed by atoms with Gasteiger partial charge in [-0.15, -0.1) is 0 Å². The van der Waals surface area contributed by atoms with Crippen molar-refractivity contribution < 1.29 is 9.59 Å². The third kappa shape index (κ3) is 3.79. The maximum Gasteiger partial charge on any atom is 0.220 e. The van der Waals surface area contributed by atoms with Crippen molar-refractivity contribution in [3.8, 4) is 0 Å². The van der Waals surface area contributed by atoms with Crippen molar-refractivity contribution in [2.45, 2.75) is 38.4 Å². The first-order valence-corrected chi connectivity index (χ1v) is 10.2. The van der Waals surface area contributed by atoms with Crippen LogP contribution in [0.5, 0.6) is 0 Å². The zero-order valence-corrected chi connectivity index (χ0v) is 17.3. The van der Waals surface area contributed by atoms with Crippen LogP contribution < -0.4 is 5.32 Å². The first kappa shape index (κ1) is 19.6. The number of likely N-dealkylation sites (tertiary alicyclic amines) is 2. The summed E-state index contributed by atoms with van der Waals surface area (Å²) >= 11 is 0. The number of aromatic nitrogens is 2. The van der Waals surface area contributed by atoms with Crippen LogP contribution >= 0.6 is 0 Å². The van der Waals surface area contributed by atoms with Gasteiger partial charge in [-0.1, -0.05) is 30.3 Å². The number of piperidine rings is 1. The molecular weight excluding hydrogens is 366 g/mol. The highest BCUT2D eigenvalue weighted by Crippen LogP contribution is 2.47. The number of hydrogen-bond acceptors (Lipinski definition) is 4. The van der Waals surface area contributed by atoms with Crippen LogP contribution in [0.3, 0.4) is 0 Å². The van der Waals surface area contributed by atoms with Gasteiger partial charge in [-0.3, -0.25) is 19.2 Å². The van der Waals surface area contributed by atoms with Crippen molar-refractivity contribution >= 4 is 11.8 Å². The molecule has 2 saturated heterocycles. The lowest BCUT2D eigenvalue weighted by Crippen LogP contribution is -2.63. The Hall–Kier alpha value is -2.67. The summed E-state index contributed by atoms with van der Waals surface area (Å²) in [6.07, 6.45) is 4.84. The Balaban J connectivity index is 1.66. The van der Waals surface area contributed by atoms with E-state index in [-0.39, 0.29) is 23.8 Å². The molecule has 1 aromatic heterocycles. The largest absolute Gasteiger partial charge is 0.347 e. The van der Waals surface area contributed by atoms with Gasteiger partial charge in [0.15, 0.2) is 0 Å². The second-order valence-corrected chi connectivity index (χ2v) is 8.47. The molecule has 0 bridgehead atoms. The molecule has 0 spiro atoms. The fourth-order valence-corrected chi connectivity index (χ4v) is 5.28. The van der Waals surface area contributed by atoms with Crippen molar-refractivity contribution in [3.63, 3.8) is 0 Å². The number of amides is 2. The lowest BCUT2D eigenvalue weighted by molar-refractivity contribution is -0.130. The third-order valence-electron chi connectivity index (χ3n) is 6.28. The standard InChI is InChI=1S/C22H29N5O2/c1-16(28)24-22-14-26(13-18-11-23-25(3)12-18)10-9-20(22)21(27(15-22)17(2)29)19-7-5-4-6-8-19/h4-8,11-12,20-21H,9-10,13-15H2,1-3H3,(H,24,28)/t20-,21-,22-/m1/s1. The lowest BCUT2D eigenvalue weighted by atomic mass is 9.75. The van der Waals surface area contributed by atoms with E-state index in [0.717, 1.165) is 37.2 Å². The Morgan fingerprint density at radius 1 is 1.21 bits per heavy atom. The number of aryl methyl sites for hydroxylation is 1. The molecule has 2 aromatic rings. The molecule has 3 atom stereocenters. The molecule has 29 heavy (non-hydrogen) atoms. The van der Waals surface area contributed by atoms with Gasteiger partial charge >= 0.3 is 0 Å². The Morgan fingerprint density at radius 2 is 1.97 bits per heavy atom. The summed E-state index contributed by atoms with van der Waals surface area (Å²) in [5.74, 6) is 0.190. The molecule has 1 N–H and O–H groups in total. The van der Waals surface area contributed by atoms with Gasteiger partial charge in [0.05, 0.1) is 17.8 Å². The minimum absolute atomic E-state index is 0.0129. The van der Waals surface area contributed by atoms with Gasteiger partial charge in [0.2, 0.25) is 11.8 Å². The zero-order valence-electron chi connectivity index (χ0n) is 17.3. The minimum Gasteiger partial charge on any atom is -0.347 e. The van der Waals surface area contributed by atoms with Crippen LogP contribution in [0.1, 0.15) is 37.4 Å². The fourth-order valence-electron chi connectivity index (χ4n) is 5.28. The second kappa shape index (κ2) is 7.63. The molecule has 2 fully saturated rings. The highest BCUT2D eigenvalue weighted by molar-refractivity contribution is 5.77. The Bertz CT molecular complexity index is 896. The SMILES string of the molecule is CC(=O)N[C@@]12CN(Cc3cnn(C)c3)CC[C@@H]1[C@@H](c1ccccc1)N(C(C)=O)C2. The Morgan fingerprint density at radius 3 is 2.59 bits per heavy atom. The Kier molecular flexibility index (Phi) is 5.17. The van der Waals surface area contributed by atoms with Crippen LogP contribution in [-0.2, 0) is 23.2 Å². The summed E-state index contributed by atoms with van der Waals surface area (Å²) in [4.78, 5) is 29.1. The lowest BCUT2D eigenvalue weighted by Gasteiger charge is -2.45. The quantitative estimate of drug-likeness (QED) is 0.856. The Labute approximate surface area is 171 Å². The van der Waals surface area contributed by atoms with Crippen molar-refractivity contribution in [2.24, 2.45) is 13.0 Å². The van der Waals surface area contributed by atoms with Gasteiger partial charge in [0.25, 0.3) is 0 Å². The van der Waals surface area contributed by atoms with Gasteiger partial charge in [-0.2, -0.15) is 5.10 Å². The van der Waals surface area contributed by atoms with Gasteiger partial charge < -0.3 is 10.2 Å². The molecule has 154 valence electrons. The normalized spacial score (nSPS) is 26.9. The van der Waals surface area contributed by atoms with E-state index in [1.807, 2.05) is 47.2 Å². The summed E-state index contributed by atoms with van der Waals surface area (Å²) in [7, 11) is 1.92. The molecular formula is C22H29N5O2. The van der Waals surface area contributed by atoms with E-state index in [4.69, 9.17) is 0 Å². The number of carbonyl (C=O) groups is 2. The van der Waals surface area contributed by atoms with Crippen LogP contribution in [0.25, 0.3) is 0 Å². The van der Waals surface area contributed by atoms with E-state index < -0.39 is 5.54 Å². The summed E-state index contributed by atoms with van der Waals surface area (Å²) in [5.41, 5.74) is 1.85. The summed E-state index contributed by atoms with van der Waals surface area (Å²) < 4.78 is 1.81.